The van der Waals surface area contributed by atoms with Crippen molar-refractivity contribution < 1.29 is 4.79 Å². The van der Waals surface area contributed by atoms with Gasteiger partial charge in [-0.25, -0.2) is 0 Å². The zero-order valence-electron chi connectivity index (χ0n) is 8.10. The molecule has 1 aliphatic rings. The van der Waals surface area contributed by atoms with E-state index in [2.05, 4.69) is 12.2 Å². The fourth-order valence-electron chi connectivity index (χ4n) is 2.08. The fraction of sp³-hybridized carbons (Fsp3) is 0.900. The summed E-state index contributed by atoms with van der Waals surface area (Å²) in [5.41, 5.74) is 0. The lowest BCUT2D eigenvalue weighted by Gasteiger charge is -2.28. The normalized spacial score (nSPS) is 29.8. The number of carbonyl (C=O) groups is 1. The third-order valence-electron chi connectivity index (χ3n) is 2.77. The maximum Gasteiger partial charge on any atom is 0.217 e. The van der Waals surface area contributed by atoms with Crippen LogP contribution < -0.4 is 5.32 Å². The smallest absolute Gasteiger partial charge is 0.217 e. The van der Waals surface area contributed by atoms with Gasteiger partial charge in [-0.3, -0.25) is 4.79 Å². The van der Waals surface area contributed by atoms with Crippen molar-refractivity contribution in [2.24, 2.45) is 5.92 Å². The van der Waals surface area contributed by atoms with Crippen molar-refractivity contribution in [1.29, 1.82) is 0 Å². The van der Waals surface area contributed by atoms with E-state index in [0.29, 0.717) is 6.04 Å². The quantitative estimate of drug-likeness (QED) is 0.673. The molecule has 0 radical (unpaired) electrons. The molecule has 2 heteroatoms. The van der Waals surface area contributed by atoms with Gasteiger partial charge in [-0.05, 0) is 18.8 Å². The van der Waals surface area contributed by atoms with Crippen molar-refractivity contribution in [3.63, 3.8) is 0 Å². The van der Waals surface area contributed by atoms with Crippen molar-refractivity contribution in [3.05, 3.63) is 0 Å². The van der Waals surface area contributed by atoms with Crippen molar-refractivity contribution in [2.75, 3.05) is 0 Å². The van der Waals surface area contributed by atoms with E-state index < -0.39 is 0 Å². The van der Waals surface area contributed by atoms with Crippen LogP contribution >= 0.6 is 0 Å². The average Bonchev–Trinajstić information content (AvgIpc) is 2.03. The van der Waals surface area contributed by atoms with Gasteiger partial charge in [0.2, 0.25) is 5.91 Å². The molecule has 0 heterocycles. The standard InChI is InChI=1S/C10H19NO/c1-3-9-5-4-6-10(7-9)11-8(2)12/h9-10H,3-7H2,1-2H3,(H,11,12)/t9-,10+/m0/s1. The van der Waals surface area contributed by atoms with Gasteiger partial charge in [0.1, 0.15) is 0 Å². The molecule has 1 amide bonds. The molecule has 1 saturated carbocycles. The van der Waals surface area contributed by atoms with Crippen molar-refractivity contribution in [1.82, 2.24) is 5.32 Å². The highest BCUT2D eigenvalue weighted by Crippen LogP contribution is 2.26. The van der Waals surface area contributed by atoms with Crippen LogP contribution in [0.4, 0.5) is 0 Å². The van der Waals surface area contributed by atoms with Gasteiger partial charge in [0.15, 0.2) is 0 Å². The Morgan fingerprint density at radius 1 is 1.50 bits per heavy atom. The molecule has 1 fully saturated rings. The van der Waals surface area contributed by atoms with Gasteiger partial charge >= 0.3 is 0 Å². The van der Waals surface area contributed by atoms with E-state index >= 15 is 0 Å². The summed E-state index contributed by atoms with van der Waals surface area (Å²) in [6.07, 6.45) is 6.26. The molecule has 2 nitrogen and oxygen atoms in total. The molecule has 0 unspecified atom stereocenters. The second-order valence-corrected chi connectivity index (χ2v) is 3.84. The minimum atomic E-state index is 0.122. The number of hydrogen-bond donors (Lipinski definition) is 1. The summed E-state index contributed by atoms with van der Waals surface area (Å²) < 4.78 is 0. The van der Waals surface area contributed by atoms with Crippen molar-refractivity contribution in [3.8, 4) is 0 Å². The van der Waals surface area contributed by atoms with E-state index in [4.69, 9.17) is 0 Å². The predicted octanol–water partition coefficient (Wildman–Crippen LogP) is 2.09. The minimum absolute atomic E-state index is 0.122. The Kier molecular flexibility index (Phi) is 3.57. The molecule has 70 valence electrons. The molecule has 1 N–H and O–H groups in total. The molecular weight excluding hydrogens is 150 g/mol. The van der Waals surface area contributed by atoms with E-state index in [0.717, 1.165) is 5.92 Å². The van der Waals surface area contributed by atoms with Crippen LogP contribution in [-0.4, -0.2) is 11.9 Å². The maximum atomic E-state index is 10.8. The van der Waals surface area contributed by atoms with Crippen LogP contribution in [0.15, 0.2) is 0 Å². The summed E-state index contributed by atoms with van der Waals surface area (Å²) in [4.78, 5) is 10.8. The van der Waals surface area contributed by atoms with Gasteiger partial charge in [0.25, 0.3) is 0 Å². The minimum Gasteiger partial charge on any atom is -0.354 e. The van der Waals surface area contributed by atoms with E-state index in [1.54, 1.807) is 6.92 Å². The number of carbonyl (C=O) groups excluding carboxylic acids is 1. The third-order valence-corrected chi connectivity index (χ3v) is 2.77. The second-order valence-electron chi connectivity index (χ2n) is 3.84. The van der Waals surface area contributed by atoms with Gasteiger partial charge in [-0.2, -0.15) is 0 Å². The number of hydrogen-bond acceptors (Lipinski definition) is 1. The summed E-state index contributed by atoms with van der Waals surface area (Å²) in [5, 5.41) is 3.01. The lowest BCUT2D eigenvalue weighted by molar-refractivity contribution is -0.119. The van der Waals surface area contributed by atoms with Crippen molar-refractivity contribution in [2.45, 2.75) is 52.0 Å². The van der Waals surface area contributed by atoms with E-state index in [-0.39, 0.29) is 5.91 Å². The highest BCUT2D eigenvalue weighted by Gasteiger charge is 2.20. The maximum absolute atomic E-state index is 10.8. The van der Waals surface area contributed by atoms with Gasteiger partial charge < -0.3 is 5.32 Å². The lowest BCUT2D eigenvalue weighted by atomic mass is 9.84. The largest absolute Gasteiger partial charge is 0.354 e. The third kappa shape index (κ3) is 2.84. The Bertz CT molecular complexity index is 156. The highest BCUT2D eigenvalue weighted by molar-refractivity contribution is 5.73. The Balaban J connectivity index is 2.30. The van der Waals surface area contributed by atoms with Gasteiger partial charge in [0, 0.05) is 13.0 Å². The lowest BCUT2D eigenvalue weighted by Crippen LogP contribution is -2.36. The molecule has 0 aromatic carbocycles. The number of amides is 1. The molecule has 0 bridgehead atoms. The molecule has 12 heavy (non-hydrogen) atoms. The number of nitrogens with one attached hydrogen (secondary N) is 1. The van der Waals surface area contributed by atoms with Crippen LogP contribution in [0.25, 0.3) is 0 Å². The Morgan fingerprint density at radius 3 is 2.83 bits per heavy atom. The Hall–Kier alpha value is -0.530. The zero-order valence-corrected chi connectivity index (χ0v) is 8.10. The van der Waals surface area contributed by atoms with Crippen molar-refractivity contribution >= 4 is 5.91 Å². The fourth-order valence-corrected chi connectivity index (χ4v) is 2.08. The SMILES string of the molecule is CC[C@H]1CCC[C@@H](NC(C)=O)C1. The van der Waals surface area contributed by atoms with Gasteiger partial charge in [-0.15, -0.1) is 0 Å². The molecule has 1 aliphatic carbocycles. The van der Waals surface area contributed by atoms with Crippen LogP contribution in [-0.2, 0) is 4.79 Å². The Labute approximate surface area is 74.7 Å². The molecule has 0 aliphatic heterocycles. The Morgan fingerprint density at radius 2 is 2.25 bits per heavy atom. The molecule has 0 saturated heterocycles. The molecule has 0 aromatic heterocycles. The highest BCUT2D eigenvalue weighted by atomic mass is 16.1. The van der Waals surface area contributed by atoms with Crippen LogP contribution in [0.1, 0.15) is 46.0 Å². The van der Waals surface area contributed by atoms with E-state index in [9.17, 15) is 4.79 Å². The zero-order chi connectivity index (χ0) is 8.97. The first-order chi connectivity index (χ1) is 5.72. The number of rotatable bonds is 2. The van der Waals surface area contributed by atoms with Crippen LogP contribution in [0.5, 0.6) is 0 Å². The second kappa shape index (κ2) is 4.48. The van der Waals surface area contributed by atoms with E-state index in [1.807, 2.05) is 0 Å². The first-order valence-corrected chi connectivity index (χ1v) is 4.99. The molecule has 1 rings (SSSR count). The summed E-state index contributed by atoms with van der Waals surface area (Å²) in [7, 11) is 0. The molecule has 0 aromatic rings. The predicted molar refractivity (Wildman–Crippen MR) is 49.9 cm³/mol. The first kappa shape index (κ1) is 9.56. The molecule has 0 spiro atoms. The van der Waals surface area contributed by atoms with Gasteiger partial charge in [0.05, 0.1) is 0 Å². The topological polar surface area (TPSA) is 29.1 Å². The average molecular weight is 169 g/mol. The summed E-state index contributed by atoms with van der Waals surface area (Å²) in [6.45, 7) is 3.84. The molecule has 2 atom stereocenters. The van der Waals surface area contributed by atoms with E-state index in [1.165, 1.54) is 32.1 Å². The first-order valence-electron chi connectivity index (χ1n) is 4.99. The van der Waals surface area contributed by atoms with Crippen LogP contribution in [0, 0.1) is 5.92 Å². The summed E-state index contributed by atoms with van der Waals surface area (Å²) in [6, 6.07) is 0.459. The summed E-state index contributed by atoms with van der Waals surface area (Å²) in [5.74, 6) is 0.965. The van der Waals surface area contributed by atoms with Crippen LogP contribution in [0.3, 0.4) is 0 Å². The monoisotopic (exact) mass is 169 g/mol. The summed E-state index contributed by atoms with van der Waals surface area (Å²) >= 11 is 0. The van der Waals surface area contributed by atoms with Crippen LogP contribution in [0.2, 0.25) is 0 Å². The van der Waals surface area contributed by atoms with Gasteiger partial charge in [-0.1, -0.05) is 26.2 Å². The molecular formula is C10H19NO.